The second kappa shape index (κ2) is 7.34. The van der Waals surface area contributed by atoms with Crippen LogP contribution in [0.3, 0.4) is 0 Å². The second-order valence-corrected chi connectivity index (χ2v) is 4.69. The van der Waals surface area contributed by atoms with E-state index in [1.54, 1.807) is 13.0 Å². The van der Waals surface area contributed by atoms with E-state index < -0.39 is 5.91 Å². The van der Waals surface area contributed by atoms with Gasteiger partial charge >= 0.3 is 0 Å². The first-order valence-corrected chi connectivity index (χ1v) is 6.65. The highest BCUT2D eigenvalue weighted by atomic mass is 16.2. The number of benzene rings is 1. The molecule has 1 aromatic rings. The lowest BCUT2D eigenvalue weighted by Gasteiger charge is -2.13. The van der Waals surface area contributed by atoms with E-state index in [4.69, 9.17) is 0 Å². The number of hydrogen-bond donors (Lipinski definition) is 2. The smallest absolute Gasteiger partial charge is 0.300 e. The molecule has 0 bridgehead atoms. The lowest BCUT2D eigenvalue weighted by molar-refractivity contribution is -0.111. The number of carbonyl (C=O) groups excluding carboxylic acids is 2. The Bertz CT molecular complexity index is 566. The molecule has 0 spiro atoms. The Morgan fingerprint density at radius 3 is 2.55 bits per heavy atom. The van der Waals surface area contributed by atoms with Gasteiger partial charge in [0, 0.05) is 6.04 Å². The standard InChI is InChI=1S/C16H20N2O2/c1-5-7-15(19)18-14-10-12(6-2)8-9-13(14)16(20)17-11(3)4/h8-11H,6H2,1-4H3,(H,17,20)(H,18,19). The van der Waals surface area contributed by atoms with Gasteiger partial charge in [-0.2, -0.15) is 0 Å². The van der Waals surface area contributed by atoms with Gasteiger partial charge in [-0.25, -0.2) is 0 Å². The molecule has 106 valence electrons. The number of anilines is 1. The zero-order valence-electron chi connectivity index (χ0n) is 12.3. The highest BCUT2D eigenvalue weighted by Gasteiger charge is 2.14. The quantitative estimate of drug-likeness (QED) is 0.827. The summed E-state index contributed by atoms with van der Waals surface area (Å²) >= 11 is 0. The van der Waals surface area contributed by atoms with Crippen molar-refractivity contribution in [2.45, 2.75) is 40.2 Å². The van der Waals surface area contributed by atoms with Crippen molar-refractivity contribution in [3.63, 3.8) is 0 Å². The summed E-state index contributed by atoms with van der Waals surface area (Å²) in [6.07, 6.45) is 0.828. The monoisotopic (exact) mass is 272 g/mol. The molecule has 0 heterocycles. The van der Waals surface area contributed by atoms with Crippen molar-refractivity contribution in [1.82, 2.24) is 5.32 Å². The van der Waals surface area contributed by atoms with Gasteiger partial charge < -0.3 is 10.6 Å². The molecule has 1 rings (SSSR count). The van der Waals surface area contributed by atoms with Crippen molar-refractivity contribution in [1.29, 1.82) is 0 Å². The second-order valence-electron chi connectivity index (χ2n) is 4.69. The minimum atomic E-state index is -0.417. The maximum absolute atomic E-state index is 12.1. The van der Waals surface area contributed by atoms with Gasteiger partial charge in [-0.1, -0.05) is 18.9 Å². The van der Waals surface area contributed by atoms with E-state index in [0.29, 0.717) is 11.3 Å². The van der Waals surface area contributed by atoms with Crippen molar-refractivity contribution in [3.8, 4) is 11.8 Å². The van der Waals surface area contributed by atoms with Crippen LogP contribution >= 0.6 is 0 Å². The van der Waals surface area contributed by atoms with Crippen molar-refractivity contribution in [3.05, 3.63) is 29.3 Å². The minimum Gasteiger partial charge on any atom is -0.350 e. The highest BCUT2D eigenvalue weighted by molar-refractivity contribution is 6.08. The maximum Gasteiger partial charge on any atom is 0.300 e. The van der Waals surface area contributed by atoms with Crippen LogP contribution in [0.5, 0.6) is 0 Å². The average Bonchev–Trinajstić information content (AvgIpc) is 2.37. The largest absolute Gasteiger partial charge is 0.350 e. The normalized spacial score (nSPS) is 9.65. The van der Waals surface area contributed by atoms with E-state index in [0.717, 1.165) is 12.0 Å². The van der Waals surface area contributed by atoms with Crippen molar-refractivity contribution < 1.29 is 9.59 Å². The van der Waals surface area contributed by atoms with Crippen LogP contribution in [0.2, 0.25) is 0 Å². The summed E-state index contributed by atoms with van der Waals surface area (Å²) in [6.45, 7) is 7.38. The Balaban J connectivity index is 3.11. The third-order valence-electron chi connectivity index (χ3n) is 2.64. The van der Waals surface area contributed by atoms with Gasteiger partial charge in [-0.05, 0) is 50.8 Å². The molecule has 0 unspecified atom stereocenters. The van der Waals surface area contributed by atoms with Gasteiger partial charge in [0.25, 0.3) is 11.8 Å². The molecular weight excluding hydrogens is 252 g/mol. The molecule has 2 N–H and O–H groups in total. The highest BCUT2D eigenvalue weighted by Crippen LogP contribution is 2.18. The summed E-state index contributed by atoms with van der Waals surface area (Å²) in [7, 11) is 0. The topological polar surface area (TPSA) is 58.2 Å². The van der Waals surface area contributed by atoms with Gasteiger partial charge in [0.1, 0.15) is 0 Å². The van der Waals surface area contributed by atoms with E-state index in [2.05, 4.69) is 22.5 Å². The molecule has 1 aromatic carbocycles. The zero-order valence-corrected chi connectivity index (χ0v) is 12.3. The molecule has 0 aliphatic carbocycles. The zero-order chi connectivity index (χ0) is 15.1. The Morgan fingerprint density at radius 1 is 1.30 bits per heavy atom. The van der Waals surface area contributed by atoms with Crippen LogP contribution in [0, 0.1) is 11.8 Å². The number of aryl methyl sites for hydroxylation is 1. The molecule has 0 fully saturated rings. The molecular formula is C16H20N2O2. The summed E-state index contributed by atoms with van der Waals surface area (Å²) < 4.78 is 0. The number of carbonyl (C=O) groups is 2. The van der Waals surface area contributed by atoms with Crippen LogP contribution in [0.1, 0.15) is 43.6 Å². The minimum absolute atomic E-state index is 0.0346. The average molecular weight is 272 g/mol. The third-order valence-corrected chi connectivity index (χ3v) is 2.64. The van der Waals surface area contributed by atoms with Gasteiger partial charge in [0.2, 0.25) is 0 Å². The van der Waals surface area contributed by atoms with Crippen molar-refractivity contribution >= 4 is 17.5 Å². The summed E-state index contributed by atoms with van der Waals surface area (Å²) in [4.78, 5) is 23.7. The first kappa shape index (κ1) is 15.8. The molecule has 20 heavy (non-hydrogen) atoms. The van der Waals surface area contributed by atoms with Gasteiger partial charge in [-0.15, -0.1) is 0 Å². The number of amides is 2. The molecule has 0 aliphatic heterocycles. The van der Waals surface area contributed by atoms with E-state index in [1.165, 1.54) is 0 Å². The lowest BCUT2D eigenvalue weighted by atomic mass is 10.1. The maximum atomic E-state index is 12.1. The Kier molecular flexibility index (Phi) is 5.79. The summed E-state index contributed by atoms with van der Waals surface area (Å²) in [6, 6.07) is 5.46. The summed E-state index contributed by atoms with van der Waals surface area (Å²) in [5.41, 5.74) is 1.99. The summed E-state index contributed by atoms with van der Waals surface area (Å²) in [5, 5.41) is 5.48. The fourth-order valence-electron chi connectivity index (χ4n) is 1.72. The lowest BCUT2D eigenvalue weighted by Crippen LogP contribution is -2.31. The molecule has 2 amide bonds. The van der Waals surface area contributed by atoms with Crippen LogP contribution in [0.15, 0.2) is 18.2 Å². The summed E-state index contributed by atoms with van der Waals surface area (Å²) in [5.74, 6) is 4.32. The number of rotatable bonds is 4. The molecule has 0 atom stereocenters. The molecule has 0 saturated carbocycles. The van der Waals surface area contributed by atoms with Crippen LogP contribution < -0.4 is 10.6 Å². The predicted molar refractivity (Wildman–Crippen MR) is 80.5 cm³/mol. The van der Waals surface area contributed by atoms with Crippen molar-refractivity contribution in [2.75, 3.05) is 5.32 Å². The van der Waals surface area contributed by atoms with Crippen LogP contribution in [0.25, 0.3) is 0 Å². The van der Waals surface area contributed by atoms with E-state index >= 15 is 0 Å². The van der Waals surface area contributed by atoms with E-state index in [9.17, 15) is 9.59 Å². The Morgan fingerprint density at radius 2 is 2.00 bits per heavy atom. The SMILES string of the molecule is CC#CC(=O)Nc1cc(CC)ccc1C(=O)NC(C)C. The first-order valence-electron chi connectivity index (χ1n) is 6.65. The van der Waals surface area contributed by atoms with E-state index in [-0.39, 0.29) is 11.9 Å². The van der Waals surface area contributed by atoms with Crippen LogP contribution in [0.4, 0.5) is 5.69 Å². The molecule has 0 saturated heterocycles. The number of hydrogen-bond acceptors (Lipinski definition) is 2. The van der Waals surface area contributed by atoms with E-state index in [1.807, 2.05) is 32.9 Å². The molecule has 4 nitrogen and oxygen atoms in total. The first-order chi connectivity index (χ1) is 9.47. The molecule has 0 aliphatic rings. The number of nitrogens with one attached hydrogen (secondary N) is 2. The fraction of sp³-hybridized carbons (Fsp3) is 0.375. The Hall–Kier alpha value is -2.28. The van der Waals surface area contributed by atoms with Crippen LogP contribution in [-0.4, -0.2) is 17.9 Å². The predicted octanol–water partition coefficient (Wildman–Crippen LogP) is 2.35. The Labute approximate surface area is 120 Å². The molecule has 0 aromatic heterocycles. The third kappa shape index (κ3) is 4.43. The van der Waals surface area contributed by atoms with Crippen LogP contribution in [-0.2, 0) is 11.2 Å². The van der Waals surface area contributed by atoms with Gasteiger partial charge in [-0.3, -0.25) is 9.59 Å². The van der Waals surface area contributed by atoms with Gasteiger partial charge in [0.15, 0.2) is 0 Å². The molecule has 0 radical (unpaired) electrons. The fourth-order valence-corrected chi connectivity index (χ4v) is 1.72. The van der Waals surface area contributed by atoms with Gasteiger partial charge in [0.05, 0.1) is 11.3 Å². The molecule has 4 heteroatoms. The van der Waals surface area contributed by atoms with Crippen molar-refractivity contribution in [2.24, 2.45) is 0 Å².